The molecule has 5 aliphatic heterocycles. The SMILES string of the molecule is Cc1ccc([C@]23C[C@@]45SCS[C@@](C)(C(=O)N4[C@H]2N(S(=O)(=O)c2ccccc2)c2ccccc23)N(C)C5=O)cc1. The zero-order valence-corrected chi connectivity index (χ0v) is 24.1. The lowest BCUT2D eigenvalue weighted by Crippen LogP contribution is -2.72. The molecule has 0 unspecified atom stereocenters. The molecule has 0 radical (unpaired) electrons. The van der Waals surface area contributed by atoms with Gasteiger partial charge in [-0.3, -0.25) is 14.5 Å². The van der Waals surface area contributed by atoms with E-state index in [1.165, 1.54) is 27.8 Å². The summed E-state index contributed by atoms with van der Waals surface area (Å²) >= 11 is 2.88. The van der Waals surface area contributed by atoms with E-state index in [2.05, 4.69) is 0 Å². The molecule has 1 spiro atoms. The maximum atomic E-state index is 14.6. The second-order valence-electron chi connectivity index (χ2n) is 10.7. The van der Waals surface area contributed by atoms with E-state index in [1.807, 2.05) is 55.5 Å². The number of hydrogen-bond donors (Lipinski definition) is 0. The quantitative estimate of drug-likeness (QED) is 0.460. The number of aryl methyl sites for hydroxylation is 1. The fraction of sp³-hybridized carbons (Fsp3) is 0.310. The molecule has 10 heteroatoms. The van der Waals surface area contributed by atoms with Crippen LogP contribution in [0.15, 0.2) is 83.8 Å². The number of fused-ring (bicyclic) bond motifs is 6. The summed E-state index contributed by atoms with van der Waals surface area (Å²) in [5.41, 5.74) is 2.37. The van der Waals surface area contributed by atoms with Gasteiger partial charge in [0.2, 0.25) is 0 Å². The van der Waals surface area contributed by atoms with Gasteiger partial charge in [0, 0.05) is 18.6 Å². The number of anilines is 1. The van der Waals surface area contributed by atoms with Crippen LogP contribution in [-0.2, 0) is 25.0 Å². The number of carbonyl (C=O) groups is 2. The molecule has 39 heavy (non-hydrogen) atoms. The van der Waals surface area contributed by atoms with Crippen LogP contribution >= 0.6 is 23.5 Å². The van der Waals surface area contributed by atoms with Gasteiger partial charge >= 0.3 is 0 Å². The number of amides is 2. The van der Waals surface area contributed by atoms with E-state index in [4.69, 9.17) is 0 Å². The van der Waals surface area contributed by atoms with Crippen molar-refractivity contribution < 1.29 is 18.0 Å². The molecule has 4 fully saturated rings. The first kappa shape index (κ1) is 25.0. The van der Waals surface area contributed by atoms with Gasteiger partial charge in [-0.1, -0.05) is 66.2 Å². The average Bonchev–Trinajstić information content (AvgIpc) is 3.32. The Morgan fingerprint density at radius 2 is 1.54 bits per heavy atom. The predicted molar refractivity (Wildman–Crippen MR) is 154 cm³/mol. The fourth-order valence-electron chi connectivity index (χ4n) is 6.77. The molecule has 8 rings (SSSR count). The van der Waals surface area contributed by atoms with Crippen LogP contribution in [0.1, 0.15) is 30.0 Å². The van der Waals surface area contributed by atoms with Crippen LogP contribution in [-0.4, -0.2) is 58.1 Å². The van der Waals surface area contributed by atoms with Crippen molar-refractivity contribution in [1.82, 2.24) is 9.80 Å². The summed E-state index contributed by atoms with van der Waals surface area (Å²) in [7, 11) is -2.43. The molecule has 0 saturated carbocycles. The van der Waals surface area contributed by atoms with Crippen LogP contribution in [0.5, 0.6) is 0 Å². The van der Waals surface area contributed by atoms with E-state index < -0.39 is 31.3 Å². The Morgan fingerprint density at radius 3 is 2.26 bits per heavy atom. The van der Waals surface area contributed by atoms with Gasteiger partial charge in [-0.2, -0.15) is 0 Å². The molecule has 4 atom stereocenters. The van der Waals surface area contributed by atoms with Crippen molar-refractivity contribution in [3.05, 3.63) is 95.6 Å². The van der Waals surface area contributed by atoms with Crippen LogP contribution in [0.2, 0.25) is 0 Å². The van der Waals surface area contributed by atoms with Crippen molar-refractivity contribution in [2.24, 2.45) is 0 Å². The molecule has 2 bridgehead atoms. The zero-order valence-electron chi connectivity index (χ0n) is 21.7. The number of rotatable bonds is 3. The number of thioether (sulfide) groups is 2. The number of likely N-dealkylation sites (N-methyl/N-ethyl adjacent to an activating group) is 1. The topological polar surface area (TPSA) is 78.0 Å². The molecule has 2 amide bonds. The molecule has 7 nitrogen and oxygen atoms in total. The fourth-order valence-corrected chi connectivity index (χ4v) is 11.8. The third-order valence-corrected chi connectivity index (χ3v) is 13.6. The number of piperazine rings is 1. The molecule has 0 aromatic heterocycles. The van der Waals surface area contributed by atoms with E-state index >= 15 is 0 Å². The molecule has 0 aliphatic carbocycles. The lowest BCUT2D eigenvalue weighted by Gasteiger charge is -2.51. The minimum Gasteiger partial charge on any atom is -0.320 e. The van der Waals surface area contributed by atoms with Crippen LogP contribution < -0.4 is 4.31 Å². The zero-order chi connectivity index (χ0) is 27.4. The number of sulfonamides is 1. The van der Waals surface area contributed by atoms with Crippen molar-refractivity contribution in [3.8, 4) is 0 Å². The Hall–Kier alpha value is -2.95. The maximum absolute atomic E-state index is 14.6. The van der Waals surface area contributed by atoms with Crippen LogP contribution in [0.3, 0.4) is 0 Å². The molecule has 3 aromatic carbocycles. The second kappa shape index (κ2) is 8.05. The highest BCUT2D eigenvalue weighted by Crippen LogP contribution is 2.67. The molecule has 5 heterocycles. The predicted octanol–water partition coefficient (Wildman–Crippen LogP) is 4.37. The lowest BCUT2D eigenvalue weighted by atomic mass is 9.72. The molecular weight excluding hydrogens is 551 g/mol. The normalized spacial score (nSPS) is 31.3. The van der Waals surface area contributed by atoms with E-state index in [0.29, 0.717) is 10.8 Å². The summed E-state index contributed by atoms with van der Waals surface area (Å²) in [6, 6.07) is 23.9. The van der Waals surface area contributed by atoms with Crippen molar-refractivity contribution in [2.75, 3.05) is 16.4 Å². The van der Waals surface area contributed by atoms with Crippen molar-refractivity contribution in [1.29, 1.82) is 0 Å². The second-order valence-corrected chi connectivity index (χ2v) is 15.5. The van der Waals surface area contributed by atoms with E-state index in [9.17, 15) is 18.0 Å². The van der Waals surface area contributed by atoms with Crippen molar-refractivity contribution in [2.45, 2.75) is 46.5 Å². The minimum atomic E-state index is -4.12. The third kappa shape index (κ3) is 2.94. The maximum Gasteiger partial charge on any atom is 0.266 e. The summed E-state index contributed by atoms with van der Waals surface area (Å²) in [5, 5.41) is 0.540. The highest BCUT2D eigenvalue weighted by molar-refractivity contribution is 8.18. The Balaban J connectivity index is 1.58. The first-order valence-corrected chi connectivity index (χ1v) is 16.2. The summed E-state index contributed by atoms with van der Waals surface area (Å²) in [6.07, 6.45) is -0.666. The highest BCUT2D eigenvalue weighted by atomic mass is 32.2. The van der Waals surface area contributed by atoms with Gasteiger partial charge < -0.3 is 4.90 Å². The molecule has 4 saturated heterocycles. The van der Waals surface area contributed by atoms with Gasteiger partial charge in [0.1, 0.15) is 6.17 Å². The van der Waals surface area contributed by atoms with Crippen LogP contribution in [0.25, 0.3) is 0 Å². The molecular formula is C29H27N3O4S3. The van der Waals surface area contributed by atoms with Gasteiger partial charge in [0.15, 0.2) is 9.74 Å². The lowest BCUT2D eigenvalue weighted by molar-refractivity contribution is -0.162. The first-order valence-electron chi connectivity index (χ1n) is 12.8. The molecule has 5 aliphatic rings. The first-order chi connectivity index (χ1) is 18.6. The van der Waals surface area contributed by atoms with Crippen LogP contribution in [0, 0.1) is 6.92 Å². The molecule has 3 aromatic rings. The van der Waals surface area contributed by atoms with Gasteiger partial charge in [0.25, 0.3) is 21.8 Å². The smallest absolute Gasteiger partial charge is 0.266 e. The average molecular weight is 578 g/mol. The van der Waals surface area contributed by atoms with Crippen molar-refractivity contribution >= 4 is 51.0 Å². The van der Waals surface area contributed by atoms with E-state index in [1.54, 1.807) is 54.1 Å². The molecule has 0 N–H and O–H groups in total. The number of para-hydroxylation sites is 1. The largest absolute Gasteiger partial charge is 0.320 e. The summed E-state index contributed by atoms with van der Waals surface area (Å²) in [4.78, 5) is 29.8. The number of nitrogens with zero attached hydrogens (tertiary/aromatic N) is 3. The Morgan fingerprint density at radius 1 is 0.872 bits per heavy atom. The minimum absolute atomic E-state index is 0.143. The molecule has 200 valence electrons. The number of benzene rings is 3. The van der Waals surface area contributed by atoms with Gasteiger partial charge in [-0.25, -0.2) is 12.7 Å². The standard InChI is InChI=1S/C29H27N3O4S3/c1-19-13-15-20(16-14-19)28-17-29-26(34)30(3)27(2,37-18-38-29)25(33)31(29)24(28)32(23-12-8-7-11-22(23)28)39(35,36)21-9-5-4-6-10-21/h4-16,24H,17-18H2,1-3H3/t24-,27-,28-,29-/m0/s1. The van der Waals surface area contributed by atoms with E-state index in [-0.39, 0.29) is 23.1 Å². The van der Waals surface area contributed by atoms with Gasteiger partial charge in [-0.05, 0) is 43.2 Å². The number of carbonyl (C=O) groups excluding carboxylic acids is 2. The third-order valence-electron chi connectivity index (χ3n) is 8.84. The summed E-state index contributed by atoms with van der Waals surface area (Å²) < 4.78 is 30.5. The Kier molecular flexibility index (Phi) is 5.17. The number of hydrogen-bond acceptors (Lipinski definition) is 6. The van der Waals surface area contributed by atoms with Gasteiger partial charge in [-0.15, -0.1) is 23.5 Å². The van der Waals surface area contributed by atoms with Gasteiger partial charge in [0.05, 0.1) is 16.0 Å². The highest BCUT2D eigenvalue weighted by Gasteiger charge is 2.77. The summed E-state index contributed by atoms with van der Waals surface area (Å²) in [5.74, 6) is -0.394. The van der Waals surface area contributed by atoms with Crippen LogP contribution in [0.4, 0.5) is 5.69 Å². The Bertz CT molecular complexity index is 1650. The van der Waals surface area contributed by atoms with E-state index in [0.717, 1.165) is 16.7 Å². The summed E-state index contributed by atoms with van der Waals surface area (Å²) in [6.45, 7) is 3.78. The monoisotopic (exact) mass is 577 g/mol. The van der Waals surface area contributed by atoms with Crippen molar-refractivity contribution in [3.63, 3.8) is 0 Å². The Labute approximate surface area is 236 Å².